The van der Waals surface area contributed by atoms with Crippen molar-refractivity contribution in [3.63, 3.8) is 0 Å². The number of hydrogen-bond donors (Lipinski definition) is 4. The number of aryl methyl sites for hydroxylation is 1. The van der Waals surface area contributed by atoms with E-state index in [4.69, 9.17) is 11.5 Å². The average Bonchev–Trinajstić information content (AvgIpc) is 2.18. The van der Waals surface area contributed by atoms with E-state index in [1.165, 1.54) is 0 Å². The first-order chi connectivity index (χ1) is 5.11. The number of anilines is 2. The van der Waals surface area contributed by atoms with Gasteiger partial charge >= 0.3 is 6.03 Å². The first kappa shape index (κ1) is 7.39. The van der Waals surface area contributed by atoms with Crippen molar-refractivity contribution in [3.8, 4) is 0 Å². The van der Waals surface area contributed by atoms with E-state index in [1.807, 2.05) is 0 Å². The van der Waals surface area contributed by atoms with E-state index in [0.29, 0.717) is 11.4 Å². The first-order valence-corrected chi connectivity index (χ1v) is 2.98. The molecule has 0 saturated heterocycles. The number of urea groups is 1. The minimum absolute atomic E-state index is 0.273. The van der Waals surface area contributed by atoms with Crippen LogP contribution in [-0.2, 0) is 0 Å². The molecule has 0 fully saturated rings. The Hall–Kier alpha value is -1.72. The fourth-order valence-electron chi connectivity index (χ4n) is 0.650. The summed E-state index contributed by atoms with van der Waals surface area (Å²) in [4.78, 5) is 10.3. The number of carbonyl (C=O) groups is 1. The van der Waals surface area contributed by atoms with E-state index in [1.54, 1.807) is 6.92 Å². The van der Waals surface area contributed by atoms with E-state index in [9.17, 15) is 4.79 Å². The topological polar surface area (TPSA) is 110 Å². The molecule has 0 aromatic carbocycles. The van der Waals surface area contributed by atoms with Gasteiger partial charge in [-0.1, -0.05) is 0 Å². The first-order valence-electron chi connectivity index (χ1n) is 2.98. The van der Waals surface area contributed by atoms with E-state index in [2.05, 4.69) is 15.5 Å². The van der Waals surface area contributed by atoms with Crippen molar-refractivity contribution in [1.82, 2.24) is 10.2 Å². The summed E-state index contributed by atoms with van der Waals surface area (Å²) in [6.45, 7) is 1.74. The minimum Gasteiger partial charge on any atom is -0.394 e. The second-order valence-electron chi connectivity index (χ2n) is 2.10. The number of nitrogens with zero attached hydrogens (tertiary/aromatic N) is 1. The molecule has 0 unspecified atom stereocenters. The highest BCUT2D eigenvalue weighted by Gasteiger charge is 2.06. The molecule has 0 atom stereocenters. The Morgan fingerprint density at radius 2 is 2.36 bits per heavy atom. The Morgan fingerprint density at radius 3 is 2.73 bits per heavy atom. The smallest absolute Gasteiger partial charge is 0.317 e. The predicted molar refractivity (Wildman–Crippen MR) is 40.9 cm³/mol. The summed E-state index contributed by atoms with van der Waals surface area (Å²) >= 11 is 0. The van der Waals surface area contributed by atoms with Crippen molar-refractivity contribution < 1.29 is 4.79 Å². The van der Waals surface area contributed by atoms with Crippen molar-refractivity contribution in [2.24, 2.45) is 5.73 Å². The standard InChI is InChI=1S/C5H9N5O/c1-2-3(6)4(10-9-2)8-5(7)11/h6H2,1H3,(H4,7,8,9,10,11). The number of primary amides is 1. The number of nitrogen functional groups attached to an aromatic ring is 1. The Bertz CT molecular complexity index is 278. The van der Waals surface area contributed by atoms with Crippen LogP contribution in [0.15, 0.2) is 0 Å². The zero-order valence-corrected chi connectivity index (χ0v) is 6.01. The Kier molecular flexibility index (Phi) is 1.67. The zero-order chi connectivity index (χ0) is 8.43. The van der Waals surface area contributed by atoms with E-state index in [0.717, 1.165) is 0 Å². The number of rotatable bonds is 1. The number of aromatic amines is 1. The van der Waals surface area contributed by atoms with Gasteiger partial charge in [-0.05, 0) is 6.92 Å². The lowest BCUT2D eigenvalue weighted by molar-refractivity contribution is 0.259. The largest absolute Gasteiger partial charge is 0.394 e. The molecule has 0 saturated carbocycles. The lowest BCUT2D eigenvalue weighted by Crippen LogP contribution is -2.20. The van der Waals surface area contributed by atoms with E-state index < -0.39 is 6.03 Å². The molecule has 0 spiro atoms. The van der Waals surface area contributed by atoms with Crippen LogP contribution in [0.25, 0.3) is 0 Å². The molecule has 1 aromatic rings. The summed E-state index contributed by atoms with van der Waals surface area (Å²) < 4.78 is 0. The fraction of sp³-hybridized carbons (Fsp3) is 0.200. The van der Waals surface area contributed by atoms with Crippen molar-refractivity contribution >= 4 is 17.5 Å². The Morgan fingerprint density at radius 1 is 1.73 bits per heavy atom. The molecule has 6 heteroatoms. The molecular formula is C5H9N5O. The SMILES string of the molecule is Cc1[nH]nc(NC(N)=O)c1N. The van der Waals surface area contributed by atoms with E-state index >= 15 is 0 Å². The number of nitrogens with one attached hydrogen (secondary N) is 2. The van der Waals surface area contributed by atoms with Gasteiger partial charge in [-0.15, -0.1) is 0 Å². The predicted octanol–water partition coefficient (Wildman–Crippen LogP) is -0.209. The number of hydrogen-bond acceptors (Lipinski definition) is 3. The number of carbonyl (C=O) groups excluding carboxylic acids is 1. The molecule has 0 bridgehead atoms. The van der Waals surface area contributed by atoms with E-state index in [-0.39, 0.29) is 5.82 Å². The highest BCUT2D eigenvalue weighted by atomic mass is 16.2. The molecule has 0 aliphatic heterocycles. The highest BCUT2D eigenvalue weighted by molar-refractivity contribution is 5.90. The van der Waals surface area contributed by atoms with Crippen LogP contribution in [0.1, 0.15) is 5.69 Å². The maximum absolute atomic E-state index is 10.3. The van der Waals surface area contributed by atoms with Crippen LogP contribution in [-0.4, -0.2) is 16.2 Å². The van der Waals surface area contributed by atoms with Gasteiger partial charge in [0.05, 0.1) is 11.4 Å². The van der Waals surface area contributed by atoms with Gasteiger partial charge in [0.2, 0.25) is 0 Å². The molecule has 1 heterocycles. The lowest BCUT2D eigenvalue weighted by Gasteiger charge is -1.95. The molecule has 6 nitrogen and oxygen atoms in total. The Labute approximate surface area is 62.9 Å². The summed E-state index contributed by atoms with van der Waals surface area (Å²) in [6.07, 6.45) is 0. The highest BCUT2D eigenvalue weighted by Crippen LogP contribution is 2.16. The van der Waals surface area contributed by atoms with Crippen LogP contribution in [0.4, 0.5) is 16.3 Å². The van der Waals surface area contributed by atoms with Crippen LogP contribution in [0.3, 0.4) is 0 Å². The van der Waals surface area contributed by atoms with Gasteiger partial charge in [-0.25, -0.2) is 4.79 Å². The number of H-pyrrole nitrogens is 1. The molecule has 0 aliphatic rings. The van der Waals surface area contributed by atoms with Crippen molar-refractivity contribution in [3.05, 3.63) is 5.69 Å². The monoisotopic (exact) mass is 155 g/mol. The molecule has 1 aromatic heterocycles. The summed E-state index contributed by atoms with van der Waals surface area (Å²) in [6, 6.07) is -0.678. The molecule has 2 amide bonds. The second kappa shape index (κ2) is 2.49. The maximum atomic E-state index is 10.3. The molecule has 0 radical (unpaired) electrons. The number of aromatic nitrogens is 2. The van der Waals surface area contributed by atoms with Crippen molar-refractivity contribution in [2.75, 3.05) is 11.1 Å². The minimum atomic E-state index is -0.678. The van der Waals surface area contributed by atoms with Gasteiger partial charge in [0, 0.05) is 0 Å². The molecule has 6 N–H and O–H groups in total. The van der Waals surface area contributed by atoms with Crippen LogP contribution in [0.5, 0.6) is 0 Å². The number of nitrogens with two attached hydrogens (primary N) is 2. The van der Waals surface area contributed by atoms with Crippen LogP contribution >= 0.6 is 0 Å². The van der Waals surface area contributed by atoms with Gasteiger partial charge in [-0.2, -0.15) is 5.10 Å². The third kappa shape index (κ3) is 1.40. The maximum Gasteiger partial charge on any atom is 0.317 e. The lowest BCUT2D eigenvalue weighted by atomic mass is 10.4. The molecule has 0 aliphatic carbocycles. The summed E-state index contributed by atoms with van der Waals surface area (Å²) in [7, 11) is 0. The van der Waals surface area contributed by atoms with Gasteiger partial charge in [0.25, 0.3) is 0 Å². The quantitative estimate of drug-likeness (QED) is 0.450. The Balaban J connectivity index is 2.87. The van der Waals surface area contributed by atoms with Crippen molar-refractivity contribution in [2.45, 2.75) is 6.92 Å². The second-order valence-corrected chi connectivity index (χ2v) is 2.10. The van der Waals surface area contributed by atoms with Gasteiger partial charge in [0.1, 0.15) is 0 Å². The van der Waals surface area contributed by atoms with Crippen LogP contribution < -0.4 is 16.8 Å². The normalized spacial score (nSPS) is 9.55. The van der Waals surface area contributed by atoms with Crippen LogP contribution in [0.2, 0.25) is 0 Å². The number of amides is 2. The van der Waals surface area contributed by atoms with Gasteiger partial charge < -0.3 is 11.5 Å². The summed E-state index contributed by atoms with van der Waals surface area (Å²) in [5.74, 6) is 0.273. The molecular weight excluding hydrogens is 146 g/mol. The fourth-order valence-corrected chi connectivity index (χ4v) is 0.650. The van der Waals surface area contributed by atoms with Crippen LogP contribution in [0, 0.1) is 6.92 Å². The molecule has 60 valence electrons. The summed E-state index contributed by atoms with van der Waals surface area (Å²) in [5, 5.41) is 8.56. The average molecular weight is 155 g/mol. The van der Waals surface area contributed by atoms with Gasteiger partial charge in [-0.3, -0.25) is 10.4 Å². The third-order valence-electron chi connectivity index (χ3n) is 1.24. The third-order valence-corrected chi connectivity index (χ3v) is 1.24. The van der Waals surface area contributed by atoms with Gasteiger partial charge in [0.15, 0.2) is 5.82 Å². The van der Waals surface area contributed by atoms with Crippen molar-refractivity contribution in [1.29, 1.82) is 0 Å². The molecule has 11 heavy (non-hydrogen) atoms. The molecule has 1 rings (SSSR count). The summed E-state index contributed by atoms with van der Waals surface area (Å²) in [5.41, 5.74) is 11.4. The zero-order valence-electron chi connectivity index (χ0n) is 6.01.